The second-order valence-corrected chi connectivity index (χ2v) is 3.98. The Bertz CT molecular complexity index is 381. The van der Waals surface area contributed by atoms with Gasteiger partial charge in [-0.3, -0.25) is 9.78 Å². The van der Waals surface area contributed by atoms with E-state index >= 15 is 0 Å². The molecule has 0 bridgehead atoms. The Kier molecular flexibility index (Phi) is 2.95. The van der Waals surface area contributed by atoms with Crippen molar-refractivity contribution in [2.75, 3.05) is 0 Å². The minimum atomic E-state index is 0.205. The molecule has 1 aliphatic rings. The third-order valence-electron chi connectivity index (χ3n) is 2.95. The summed E-state index contributed by atoms with van der Waals surface area (Å²) in [6, 6.07) is 4.01. The smallest absolute Gasteiger partial charge is 0.156 e. The summed E-state index contributed by atoms with van der Waals surface area (Å²) in [5, 5.41) is 0. The fourth-order valence-corrected chi connectivity index (χ4v) is 2.21. The van der Waals surface area contributed by atoms with Crippen molar-refractivity contribution in [3.05, 3.63) is 41.7 Å². The molecule has 0 aliphatic heterocycles. The first-order valence-electron chi connectivity index (χ1n) is 5.40. The molecule has 0 saturated carbocycles. The fraction of sp³-hybridized carbons (Fsp3) is 0.385. The van der Waals surface area contributed by atoms with Crippen LogP contribution in [0.5, 0.6) is 0 Å². The van der Waals surface area contributed by atoms with Crippen LogP contribution in [0, 0.1) is 0 Å². The lowest BCUT2D eigenvalue weighted by Gasteiger charge is -2.22. The molecule has 0 saturated heterocycles. The van der Waals surface area contributed by atoms with Crippen LogP contribution >= 0.6 is 0 Å². The maximum atomic E-state index is 11.5. The number of allylic oxidation sites excluding steroid dienone is 2. The molecule has 1 unspecified atom stereocenters. The van der Waals surface area contributed by atoms with Crippen molar-refractivity contribution in [1.82, 2.24) is 4.98 Å². The van der Waals surface area contributed by atoms with Crippen LogP contribution in [0.2, 0.25) is 0 Å². The molecular formula is C13H15NO. The number of rotatable bonds is 2. The van der Waals surface area contributed by atoms with E-state index in [9.17, 15) is 4.79 Å². The number of Topliss-reactive ketones (excluding diaryl/α,β-unsaturated/α-hetero) is 1. The largest absolute Gasteiger partial charge is 0.295 e. The number of nitrogens with zero attached hydrogens (tertiary/aromatic N) is 1. The minimum absolute atomic E-state index is 0.205. The van der Waals surface area contributed by atoms with E-state index in [-0.39, 0.29) is 5.78 Å². The summed E-state index contributed by atoms with van der Waals surface area (Å²) in [6.45, 7) is 1.66. The van der Waals surface area contributed by atoms with Crippen LogP contribution in [0.25, 0.3) is 0 Å². The van der Waals surface area contributed by atoms with Crippen LogP contribution in [0.15, 0.2) is 36.2 Å². The Hall–Kier alpha value is -1.44. The van der Waals surface area contributed by atoms with Crippen LogP contribution in [-0.2, 0) is 4.79 Å². The molecule has 0 radical (unpaired) electrons. The van der Waals surface area contributed by atoms with E-state index in [1.807, 2.05) is 12.1 Å². The standard InChI is InChI=1S/C13H15NO/c1-10(15)12-4-2-3-5-13(12)11-6-8-14-9-7-11/h4,6-9,13H,2-3,5H2,1H3. The Morgan fingerprint density at radius 3 is 2.80 bits per heavy atom. The van der Waals surface area contributed by atoms with Crippen molar-refractivity contribution in [3.63, 3.8) is 0 Å². The van der Waals surface area contributed by atoms with Gasteiger partial charge < -0.3 is 0 Å². The van der Waals surface area contributed by atoms with Gasteiger partial charge in [0.15, 0.2) is 5.78 Å². The highest BCUT2D eigenvalue weighted by atomic mass is 16.1. The third-order valence-corrected chi connectivity index (χ3v) is 2.95. The van der Waals surface area contributed by atoms with Gasteiger partial charge in [0.05, 0.1) is 0 Å². The molecule has 78 valence electrons. The number of carbonyl (C=O) groups excluding carboxylic acids is 1. The second kappa shape index (κ2) is 4.39. The molecule has 1 atom stereocenters. The third kappa shape index (κ3) is 2.14. The zero-order valence-corrected chi connectivity index (χ0v) is 8.94. The fourth-order valence-electron chi connectivity index (χ4n) is 2.21. The molecule has 1 aromatic rings. The first kappa shape index (κ1) is 10.1. The zero-order valence-electron chi connectivity index (χ0n) is 8.94. The van der Waals surface area contributed by atoms with Gasteiger partial charge in [0, 0.05) is 18.3 Å². The van der Waals surface area contributed by atoms with Gasteiger partial charge >= 0.3 is 0 Å². The summed E-state index contributed by atoms with van der Waals surface area (Å²) in [7, 11) is 0. The van der Waals surface area contributed by atoms with Gasteiger partial charge in [-0.05, 0) is 49.5 Å². The van der Waals surface area contributed by atoms with E-state index in [0.29, 0.717) is 5.92 Å². The van der Waals surface area contributed by atoms with Gasteiger partial charge in [-0.1, -0.05) is 6.08 Å². The van der Waals surface area contributed by atoms with Crippen LogP contribution in [0.1, 0.15) is 37.7 Å². The number of carbonyl (C=O) groups is 1. The van der Waals surface area contributed by atoms with E-state index in [4.69, 9.17) is 0 Å². The normalized spacial score (nSPS) is 20.9. The van der Waals surface area contributed by atoms with Gasteiger partial charge in [0.2, 0.25) is 0 Å². The number of aromatic nitrogens is 1. The molecule has 2 heteroatoms. The first-order valence-corrected chi connectivity index (χ1v) is 5.40. The Labute approximate surface area is 90.0 Å². The molecule has 0 aromatic carbocycles. The van der Waals surface area contributed by atoms with Crippen molar-refractivity contribution in [2.45, 2.75) is 32.1 Å². The summed E-state index contributed by atoms with van der Waals surface area (Å²) in [5.41, 5.74) is 2.19. The van der Waals surface area contributed by atoms with Crippen LogP contribution in [0.4, 0.5) is 0 Å². The van der Waals surface area contributed by atoms with Crippen LogP contribution in [-0.4, -0.2) is 10.8 Å². The van der Waals surface area contributed by atoms with E-state index in [1.165, 1.54) is 12.0 Å². The lowest BCUT2D eigenvalue weighted by atomic mass is 9.81. The second-order valence-electron chi connectivity index (χ2n) is 3.98. The first-order chi connectivity index (χ1) is 7.29. The lowest BCUT2D eigenvalue weighted by Crippen LogP contribution is -2.12. The van der Waals surface area contributed by atoms with Crippen molar-refractivity contribution < 1.29 is 4.79 Å². The number of hydrogen-bond donors (Lipinski definition) is 0. The van der Waals surface area contributed by atoms with Gasteiger partial charge in [-0.15, -0.1) is 0 Å². The molecule has 0 fully saturated rings. The summed E-state index contributed by atoms with van der Waals surface area (Å²) in [4.78, 5) is 15.5. The average molecular weight is 201 g/mol. The van der Waals surface area contributed by atoms with E-state index in [2.05, 4.69) is 11.1 Å². The molecule has 0 spiro atoms. The topological polar surface area (TPSA) is 30.0 Å². The average Bonchev–Trinajstić information content (AvgIpc) is 2.30. The van der Waals surface area contributed by atoms with Crippen molar-refractivity contribution in [3.8, 4) is 0 Å². The number of hydrogen-bond acceptors (Lipinski definition) is 2. The van der Waals surface area contributed by atoms with Crippen LogP contribution < -0.4 is 0 Å². The maximum absolute atomic E-state index is 11.5. The van der Waals surface area contributed by atoms with E-state index in [0.717, 1.165) is 18.4 Å². The van der Waals surface area contributed by atoms with Gasteiger partial charge in [0.1, 0.15) is 0 Å². The highest BCUT2D eigenvalue weighted by Crippen LogP contribution is 2.33. The predicted molar refractivity (Wildman–Crippen MR) is 59.6 cm³/mol. The lowest BCUT2D eigenvalue weighted by molar-refractivity contribution is -0.114. The molecule has 2 rings (SSSR count). The Morgan fingerprint density at radius 2 is 2.13 bits per heavy atom. The quantitative estimate of drug-likeness (QED) is 0.736. The van der Waals surface area contributed by atoms with Crippen molar-refractivity contribution in [1.29, 1.82) is 0 Å². The monoisotopic (exact) mass is 201 g/mol. The molecule has 0 amide bonds. The SMILES string of the molecule is CC(=O)C1=CCCCC1c1ccncc1. The molecule has 1 aliphatic carbocycles. The molecule has 1 aromatic heterocycles. The molecule has 1 heterocycles. The molecule has 0 N–H and O–H groups in total. The molecule has 2 nitrogen and oxygen atoms in total. The summed E-state index contributed by atoms with van der Waals surface area (Å²) in [5.74, 6) is 0.496. The Morgan fingerprint density at radius 1 is 1.40 bits per heavy atom. The van der Waals surface area contributed by atoms with Crippen LogP contribution in [0.3, 0.4) is 0 Å². The van der Waals surface area contributed by atoms with E-state index in [1.54, 1.807) is 19.3 Å². The van der Waals surface area contributed by atoms with E-state index < -0.39 is 0 Å². The van der Waals surface area contributed by atoms with Gasteiger partial charge in [-0.2, -0.15) is 0 Å². The summed E-state index contributed by atoms with van der Waals surface area (Å²) in [6.07, 6.45) is 8.97. The molecule has 15 heavy (non-hydrogen) atoms. The minimum Gasteiger partial charge on any atom is -0.295 e. The number of ketones is 1. The van der Waals surface area contributed by atoms with Gasteiger partial charge in [-0.25, -0.2) is 0 Å². The summed E-state index contributed by atoms with van der Waals surface area (Å²) < 4.78 is 0. The maximum Gasteiger partial charge on any atom is 0.156 e. The zero-order chi connectivity index (χ0) is 10.7. The number of pyridine rings is 1. The predicted octanol–water partition coefficient (Wildman–Crippen LogP) is 2.86. The molecular weight excluding hydrogens is 186 g/mol. The van der Waals surface area contributed by atoms with Crippen molar-refractivity contribution in [2.24, 2.45) is 0 Å². The Balaban J connectivity index is 2.32. The highest BCUT2D eigenvalue weighted by molar-refractivity contribution is 5.94. The highest BCUT2D eigenvalue weighted by Gasteiger charge is 2.22. The summed E-state index contributed by atoms with van der Waals surface area (Å²) >= 11 is 0. The van der Waals surface area contributed by atoms with Crippen molar-refractivity contribution >= 4 is 5.78 Å². The van der Waals surface area contributed by atoms with Gasteiger partial charge in [0.25, 0.3) is 0 Å².